The molecule has 0 saturated heterocycles. The van der Waals surface area contributed by atoms with Crippen LogP contribution in [0, 0.1) is 0 Å². The summed E-state index contributed by atoms with van der Waals surface area (Å²) >= 11 is 1.45. The molecule has 14 heavy (non-hydrogen) atoms. The number of rotatable bonds is 1. The van der Waals surface area contributed by atoms with Gasteiger partial charge in [0.05, 0.1) is 5.69 Å². The summed E-state index contributed by atoms with van der Waals surface area (Å²) in [5.41, 5.74) is 2.05. The molecule has 2 heterocycles. The lowest BCUT2D eigenvalue weighted by Crippen LogP contribution is -1.92. The smallest absolute Gasteiger partial charge is 0.231 e. The van der Waals surface area contributed by atoms with E-state index >= 15 is 0 Å². The highest BCUT2D eigenvalue weighted by atomic mass is 32.1. The van der Waals surface area contributed by atoms with Gasteiger partial charge in [-0.15, -0.1) is 0 Å². The van der Waals surface area contributed by atoms with E-state index in [0.717, 1.165) is 22.8 Å². The second kappa shape index (κ2) is 2.99. The molecule has 1 aromatic heterocycles. The number of hydrogen-bond acceptors (Lipinski definition) is 4. The maximum atomic E-state index is 5.29. The van der Waals surface area contributed by atoms with Crippen molar-refractivity contribution in [2.75, 3.05) is 6.79 Å². The summed E-state index contributed by atoms with van der Waals surface area (Å²) in [4.78, 5) is 0. The topological polar surface area (TPSA) is 31.4 Å². The van der Waals surface area contributed by atoms with Crippen molar-refractivity contribution in [1.29, 1.82) is 0 Å². The molecule has 0 aliphatic carbocycles. The van der Waals surface area contributed by atoms with E-state index in [4.69, 9.17) is 9.47 Å². The van der Waals surface area contributed by atoms with E-state index in [9.17, 15) is 0 Å². The summed E-state index contributed by atoms with van der Waals surface area (Å²) in [7, 11) is 0. The summed E-state index contributed by atoms with van der Waals surface area (Å²) in [5.74, 6) is 1.61. The van der Waals surface area contributed by atoms with Crippen LogP contribution in [0.1, 0.15) is 0 Å². The molecule has 1 aliphatic heterocycles. The number of benzene rings is 1. The molecular weight excluding hydrogens is 198 g/mol. The van der Waals surface area contributed by atoms with Gasteiger partial charge in [-0.1, -0.05) is 0 Å². The molecule has 4 heteroatoms. The van der Waals surface area contributed by atoms with Crippen LogP contribution in [-0.2, 0) is 0 Å². The van der Waals surface area contributed by atoms with Crippen molar-refractivity contribution in [3.63, 3.8) is 0 Å². The van der Waals surface area contributed by atoms with Crippen molar-refractivity contribution in [2.45, 2.75) is 0 Å². The van der Waals surface area contributed by atoms with Crippen LogP contribution < -0.4 is 9.47 Å². The van der Waals surface area contributed by atoms with E-state index in [-0.39, 0.29) is 0 Å². The molecule has 0 spiro atoms. The molecule has 2 aromatic rings. The van der Waals surface area contributed by atoms with Gasteiger partial charge in [-0.2, -0.15) is 4.37 Å². The highest BCUT2D eigenvalue weighted by Gasteiger charge is 2.14. The van der Waals surface area contributed by atoms with E-state index in [2.05, 4.69) is 4.37 Å². The third-order valence-electron chi connectivity index (χ3n) is 2.11. The van der Waals surface area contributed by atoms with Crippen LogP contribution in [0.4, 0.5) is 0 Å². The van der Waals surface area contributed by atoms with Gasteiger partial charge in [0.25, 0.3) is 0 Å². The predicted octanol–water partition coefficient (Wildman–Crippen LogP) is 2.54. The normalized spacial score (nSPS) is 13.1. The van der Waals surface area contributed by atoms with Crippen LogP contribution in [0.3, 0.4) is 0 Å². The third kappa shape index (κ3) is 1.15. The van der Waals surface area contributed by atoms with Crippen LogP contribution in [-0.4, -0.2) is 11.2 Å². The number of ether oxygens (including phenoxy) is 2. The minimum Gasteiger partial charge on any atom is -0.454 e. The zero-order valence-electron chi connectivity index (χ0n) is 7.27. The van der Waals surface area contributed by atoms with E-state index in [1.54, 1.807) is 0 Å². The first-order chi connectivity index (χ1) is 6.93. The van der Waals surface area contributed by atoms with Crippen LogP contribution in [0.5, 0.6) is 11.5 Å². The van der Waals surface area contributed by atoms with Gasteiger partial charge in [-0.25, -0.2) is 0 Å². The molecule has 0 bridgehead atoms. The Morgan fingerprint density at radius 3 is 2.93 bits per heavy atom. The molecule has 3 rings (SSSR count). The van der Waals surface area contributed by atoms with Crippen molar-refractivity contribution in [3.05, 3.63) is 29.6 Å². The Morgan fingerprint density at radius 2 is 2.07 bits per heavy atom. The number of fused-ring (bicyclic) bond motifs is 1. The second-order valence-corrected chi connectivity index (χ2v) is 3.62. The summed E-state index contributed by atoms with van der Waals surface area (Å²) in [5, 5.41) is 1.96. The first-order valence-electron chi connectivity index (χ1n) is 4.24. The number of hydrogen-bond donors (Lipinski definition) is 0. The fourth-order valence-electron chi connectivity index (χ4n) is 1.42. The van der Waals surface area contributed by atoms with E-state index in [0.29, 0.717) is 6.79 Å². The Hall–Kier alpha value is -1.55. The predicted molar refractivity (Wildman–Crippen MR) is 53.7 cm³/mol. The second-order valence-electron chi connectivity index (χ2n) is 2.95. The molecule has 0 saturated carbocycles. The van der Waals surface area contributed by atoms with Crippen molar-refractivity contribution >= 4 is 11.5 Å². The lowest BCUT2D eigenvalue weighted by Gasteiger charge is -1.98. The Kier molecular flexibility index (Phi) is 1.67. The Labute approximate surface area is 85.1 Å². The summed E-state index contributed by atoms with van der Waals surface area (Å²) in [6.45, 7) is 0.315. The minimum atomic E-state index is 0.315. The minimum absolute atomic E-state index is 0.315. The zero-order valence-corrected chi connectivity index (χ0v) is 8.08. The lowest BCUT2D eigenvalue weighted by atomic mass is 10.1. The average Bonchev–Trinajstić information content (AvgIpc) is 2.88. The van der Waals surface area contributed by atoms with Crippen LogP contribution in [0.2, 0.25) is 0 Å². The zero-order chi connectivity index (χ0) is 9.38. The van der Waals surface area contributed by atoms with Gasteiger partial charge >= 0.3 is 0 Å². The molecule has 1 aliphatic rings. The summed E-state index contributed by atoms with van der Waals surface area (Å²) < 4.78 is 14.8. The van der Waals surface area contributed by atoms with E-state index < -0.39 is 0 Å². The van der Waals surface area contributed by atoms with Crippen molar-refractivity contribution in [3.8, 4) is 22.8 Å². The summed E-state index contributed by atoms with van der Waals surface area (Å²) in [6.07, 6.45) is 0. The van der Waals surface area contributed by atoms with Gasteiger partial charge in [0.15, 0.2) is 11.5 Å². The Bertz CT molecular complexity index is 453. The first-order valence-corrected chi connectivity index (χ1v) is 5.07. The molecule has 3 nitrogen and oxygen atoms in total. The van der Waals surface area contributed by atoms with Gasteiger partial charge in [0, 0.05) is 10.9 Å². The van der Waals surface area contributed by atoms with Crippen LogP contribution in [0.15, 0.2) is 29.6 Å². The van der Waals surface area contributed by atoms with Gasteiger partial charge in [-0.3, -0.25) is 0 Å². The number of nitrogens with zero attached hydrogens (tertiary/aromatic N) is 1. The SMILES string of the molecule is c1cc(-c2ccc3c(c2)OCO3)ns1. The van der Waals surface area contributed by atoms with Crippen molar-refractivity contribution < 1.29 is 9.47 Å². The Morgan fingerprint density at radius 1 is 1.14 bits per heavy atom. The molecule has 0 amide bonds. The third-order valence-corrected chi connectivity index (χ3v) is 2.67. The average molecular weight is 205 g/mol. The molecule has 0 unspecified atom stereocenters. The van der Waals surface area contributed by atoms with Gasteiger partial charge in [-0.05, 0) is 35.8 Å². The molecular formula is C10H7NO2S. The van der Waals surface area contributed by atoms with Crippen LogP contribution >= 0.6 is 11.5 Å². The summed E-state index contributed by atoms with van der Waals surface area (Å²) in [6, 6.07) is 7.85. The standard InChI is InChI=1S/C10H7NO2S/c1-2-9-10(13-6-12-9)5-7(1)8-3-4-14-11-8/h1-5H,6H2. The molecule has 0 N–H and O–H groups in total. The fourth-order valence-corrected chi connectivity index (χ4v) is 1.95. The lowest BCUT2D eigenvalue weighted by molar-refractivity contribution is 0.174. The van der Waals surface area contributed by atoms with Gasteiger partial charge < -0.3 is 9.47 Å². The number of aromatic nitrogens is 1. The van der Waals surface area contributed by atoms with Gasteiger partial charge in [0.2, 0.25) is 6.79 Å². The molecule has 1 aromatic carbocycles. The fraction of sp³-hybridized carbons (Fsp3) is 0.100. The largest absolute Gasteiger partial charge is 0.454 e. The maximum Gasteiger partial charge on any atom is 0.231 e. The molecule has 70 valence electrons. The quantitative estimate of drug-likeness (QED) is 0.717. The first kappa shape index (κ1) is 7.82. The molecule has 0 radical (unpaired) electrons. The van der Waals surface area contributed by atoms with Gasteiger partial charge in [0.1, 0.15) is 0 Å². The molecule has 0 atom stereocenters. The molecule has 0 fully saturated rings. The maximum absolute atomic E-state index is 5.29. The van der Waals surface area contributed by atoms with Crippen LogP contribution in [0.25, 0.3) is 11.3 Å². The van der Waals surface area contributed by atoms with Crippen molar-refractivity contribution in [1.82, 2.24) is 4.37 Å². The van der Waals surface area contributed by atoms with E-state index in [1.165, 1.54) is 11.5 Å². The highest BCUT2D eigenvalue weighted by Crippen LogP contribution is 2.35. The van der Waals surface area contributed by atoms with Crippen molar-refractivity contribution in [2.24, 2.45) is 0 Å². The van der Waals surface area contributed by atoms with E-state index in [1.807, 2.05) is 29.6 Å². The Balaban J connectivity index is 2.09. The highest BCUT2D eigenvalue weighted by molar-refractivity contribution is 7.03. The monoisotopic (exact) mass is 205 g/mol.